The third-order valence-corrected chi connectivity index (χ3v) is 2.57. The second-order valence-corrected chi connectivity index (χ2v) is 3.81. The molecule has 0 saturated heterocycles. The van der Waals surface area contributed by atoms with Crippen LogP contribution in [-0.2, 0) is 0 Å². The highest BCUT2D eigenvalue weighted by atomic mass is 35.5. The highest BCUT2D eigenvalue weighted by molar-refractivity contribution is 5.89. The topological polar surface area (TPSA) is 76.7 Å². The summed E-state index contributed by atoms with van der Waals surface area (Å²) >= 11 is 0. The number of hydrogen-bond donors (Lipinski definition) is 2. The van der Waals surface area contributed by atoms with E-state index in [2.05, 4.69) is 20.3 Å². The molecule has 3 rings (SSSR count). The van der Waals surface area contributed by atoms with Crippen molar-refractivity contribution in [3.8, 4) is 0 Å². The average molecular weight is 274 g/mol. The van der Waals surface area contributed by atoms with Gasteiger partial charge in [-0.2, -0.15) is 4.98 Å². The summed E-state index contributed by atoms with van der Waals surface area (Å²) in [6, 6.07) is 11.3. The van der Waals surface area contributed by atoms with Crippen LogP contribution in [0.15, 0.2) is 48.8 Å². The Hall–Kier alpha value is -2.40. The lowest BCUT2D eigenvalue weighted by molar-refractivity contribution is 1.21. The Morgan fingerprint density at radius 2 is 1.68 bits per heavy atom. The van der Waals surface area contributed by atoms with Crippen LogP contribution in [0.2, 0.25) is 0 Å². The molecule has 1 aromatic carbocycles. The molecular formula is C13H12ClN5. The lowest BCUT2D eigenvalue weighted by Gasteiger charge is -2.07. The Bertz CT molecular complexity index is 687. The van der Waals surface area contributed by atoms with E-state index in [9.17, 15) is 0 Å². The number of para-hydroxylation sites is 1. The highest BCUT2D eigenvalue weighted by Gasteiger charge is 2.04. The van der Waals surface area contributed by atoms with E-state index in [1.807, 2.05) is 36.4 Å². The number of rotatable bonds is 2. The molecule has 96 valence electrons. The fourth-order valence-electron chi connectivity index (χ4n) is 1.72. The minimum absolute atomic E-state index is 0. The monoisotopic (exact) mass is 273 g/mol. The minimum atomic E-state index is 0. The van der Waals surface area contributed by atoms with Gasteiger partial charge in [0, 0.05) is 23.5 Å². The number of fused-ring (bicyclic) bond motifs is 1. The Balaban J connectivity index is 0.00000133. The molecule has 2 aromatic heterocycles. The molecule has 0 spiro atoms. The van der Waals surface area contributed by atoms with E-state index in [0.717, 1.165) is 16.6 Å². The third kappa shape index (κ3) is 2.71. The van der Waals surface area contributed by atoms with Crippen molar-refractivity contribution in [3.63, 3.8) is 0 Å². The number of nitrogens with two attached hydrogens (primary N) is 1. The lowest BCUT2D eigenvalue weighted by Crippen LogP contribution is -2.01. The van der Waals surface area contributed by atoms with Gasteiger partial charge in [-0.25, -0.2) is 4.98 Å². The van der Waals surface area contributed by atoms with E-state index in [4.69, 9.17) is 5.73 Å². The predicted molar refractivity (Wildman–Crippen MR) is 78.7 cm³/mol. The number of benzene rings is 1. The summed E-state index contributed by atoms with van der Waals surface area (Å²) < 4.78 is 0. The molecule has 0 radical (unpaired) electrons. The molecule has 3 N–H and O–H groups in total. The van der Waals surface area contributed by atoms with Crippen molar-refractivity contribution in [1.29, 1.82) is 0 Å². The first-order chi connectivity index (χ1) is 8.83. The van der Waals surface area contributed by atoms with Gasteiger partial charge >= 0.3 is 0 Å². The molecule has 0 unspecified atom stereocenters. The first-order valence-electron chi connectivity index (χ1n) is 5.52. The molecule has 0 aliphatic carbocycles. The summed E-state index contributed by atoms with van der Waals surface area (Å²) in [6.45, 7) is 0. The lowest BCUT2D eigenvalue weighted by atomic mass is 10.2. The molecule has 5 nitrogen and oxygen atoms in total. The van der Waals surface area contributed by atoms with Crippen LogP contribution < -0.4 is 11.1 Å². The minimum Gasteiger partial charge on any atom is -0.383 e. The van der Waals surface area contributed by atoms with Gasteiger partial charge in [0.25, 0.3) is 0 Å². The molecule has 2 heterocycles. The van der Waals surface area contributed by atoms with Crippen molar-refractivity contribution in [2.24, 2.45) is 0 Å². The van der Waals surface area contributed by atoms with Crippen molar-refractivity contribution >= 4 is 40.8 Å². The fourth-order valence-corrected chi connectivity index (χ4v) is 1.72. The number of aromatic nitrogens is 3. The van der Waals surface area contributed by atoms with Crippen LogP contribution in [0.1, 0.15) is 0 Å². The van der Waals surface area contributed by atoms with Crippen molar-refractivity contribution in [1.82, 2.24) is 15.0 Å². The number of pyridine rings is 1. The van der Waals surface area contributed by atoms with Crippen molar-refractivity contribution in [3.05, 3.63) is 48.8 Å². The first kappa shape index (κ1) is 13.0. The fraction of sp³-hybridized carbons (Fsp3) is 0. The maximum atomic E-state index is 5.91. The molecular weight excluding hydrogens is 262 g/mol. The van der Waals surface area contributed by atoms with Crippen LogP contribution in [0, 0.1) is 0 Å². The molecule has 19 heavy (non-hydrogen) atoms. The van der Waals surface area contributed by atoms with Gasteiger partial charge < -0.3 is 11.1 Å². The Morgan fingerprint density at radius 1 is 0.947 bits per heavy atom. The van der Waals surface area contributed by atoms with Gasteiger partial charge in [0.05, 0.1) is 5.52 Å². The molecule has 0 aliphatic rings. The van der Waals surface area contributed by atoms with E-state index in [0.29, 0.717) is 11.8 Å². The van der Waals surface area contributed by atoms with E-state index < -0.39 is 0 Å². The van der Waals surface area contributed by atoms with Gasteiger partial charge in [-0.3, -0.25) is 4.98 Å². The summed E-state index contributed by atoms with van der Waals surface area (Å²) in [7, 11) is 0. The predicted octanol–water partition coefficient (Wildman–Crippen LogP) is 2.77. The largest absolute Gasteiger partial charge is 0.383 e. The van der Waals surface area contributed by atoms with E-state index >= 15 is 0 Å². The molecule has 0 bridgehead atoms. The van der Waals surface area contributed by atoms with Crippen LogP contribution in [0.4, 0.5) is 17.5 Å². The molecule has 6 heteroatoms. The number of anilines is 3. The van der Waals surface area contributed by atoms with E-state index in [1.54, 1.807) is 12.4 Å². The highest BCUT2D eigenvalue weighted by Crippen LogP contribution is 2.20. The standard InChI is InChI=1S/C13H11N5.ClH/c14-12-10-3-1-2-4-11(10)17-13(18-12)16-9-5-7-15-8-6-9;/h1-8H,(H3,14,15,16,17,18);1H. The number of nitrogens with one attached hydrogen (secondary N) is 1. The molecule has 0 saturated carbocycles. The Kier molecular flexibility index (Phi) is 3.77. The maximum absolute atomic E-state index is 5.91. The summed E-state index contributed by atoms with van der Waals surface area (Å²) in [5.74, 6) is 0.953. The van der Waals surface area contributed by atoms with E-state index in [-0.39, 0.29) is 12.4 Å². The number of nitrogens with zero attached hydrogens (tertiary/aromatic N) is 3. The summed E-state index contributed by atoms with van der Waals surface area (Å²) in [5, 5.41) is 3.95. The van der Waals surface area contributed by atoms with Crippen LogP contribution >= 0.6 is 12.4 Å². The Morgan fingerprint density at radius 3 is 2.47 bits per heavy atom. The average Bonchev–Trinajstić information content (AvgIpc) is 2.40. The number of hydrogen-bond acceptors (Lipinski definition) is 5. The molecule has 0 amide bonds. The number of nitrogen functional groups attached to an aromatic ring is 1. The summed E-state index contributed by atoms with van der Waals surface area (Å²) in [6.07, 6.45) is 3.40. The van der Waals surface area contributed by atoms with Crippen LogP contribution in [0.5, 0.6) is 0 Å². The van der Waals surface area contributed by atoms with Crippen molar-refractivity contribution < 1.29 is 0 Å². The maximum Gasteiger partial charge on any atom is 0.229 e. The van der Waals surface area contributed by atoms with Crippen LogP contribution in [-0.4, -0.2) is 15.0 Å². The summed E-state index contributed by atoms with van der Waals surface area (Å²) in [5.41, 5.74) is 7.60. The third-order valence-electron chi connectivity index (χ3n) is 2.57. The molecule has 3 aromatic rings. The first-order valence-corrected chi connectivity index (χ1v) is 5.52. The van der Waals surface area contributed by atoms with Gasteiger partial charge in [0.15, 0.2) is 0 Å². The quantitative estimate of drug-likeness (QED) is 0.751. The van der Waals surface area contributed by atoms with Gasteiger partial charge in [-0.1, -0.05) is 12.1 Å². The van der Waals surface area contributed by atoms with Gasteiger partial charge in [-0.05, 0) is 24.3 Å². The van der Waals surface area contributed by atoms with Gasteiger partial charge in [0.1, 0.15) is 5.82 Å². The second-order valence-electron chi connectivity index (χ2n) is 3.81. The van der Waals surface area contributed by atoms with Gasteiger partial charge in [-0.15, -0.1) is 12.4 Å². The zero-order chi connectivity index (χ0) is 12.4. The zero-order valence-electron chi connectivity index (χ0n) is 9.95. The SMILES string of the molecule is Cl.Nc1nc(Nc2ccncc2)nc2ccccc12. The second kappa shape index (κ2) is 5.49. The van der Waals surface area contributed by atoms with Crippen molar-refractivity contribution in [2.45, 2.75) is 0 Å². The molecule has 0 fully saturated rings. The Labute approximate surface area is 116 Å². The van der Waals surface area contributed by atoms with Crippen LogP contribution in [0.25, 0.3) is 10.9 Å². The summed E-state index contributed by atoms with van der Waals surface area (Å²) in [4.78, 5) is 12.6. The van der Waals surface area contributed by atoms with E-state index in [1.165, 1.54) is 0 Å². The smallest absolute Gasteiger partial charge is 0.229 e. The number of halogens is 1. The molecule has 0 atom stereocenters. The molecule has 0 aliphatic heterocycles. The normalized spacial score (nSPS) is 9.89. The van der Waals surface area contributed by atoms with Crippen LogP contribution in [0.3, 0.4) is 0 Å². The zero-order valence-corrected chi connectivity index (χ0v) is 10.8. The van der Waals surface area contributed by atoms with Gasteiger partial charge in [0.2, 0.25) is 5.95 Å². The van der Waals surface area contributed by atoms with Crippen molar-refractivity contribution in [2.75, 3.05) is 11.1 Å².